The highest BCUT2D eigenvalue weighted by molar-refractivity contribution is 5.77. The second-order valence-electron chi connectivity index (χ2n) is 7.10. The summed E-state index contributed by atoms with van der Waals surface area (Å²) >= 11 is 0. The number of likely N-dealkylation sites (tertiary alicyclic amines) is 1. The summed E-state index contributed by atoms with van der Waals surface area (Å²) in [5, 5.41) is 0. The van der Waals surface area contributed by atoms with Gasteiger partial charge in [0.05, 0.1) is 12.6 Å². The number of carbonyl (C=O) groups excluding carboxylic acids is 2. The summed E-state index contributed by atoms with van der Waals surface area (Å²) in [6.07, 6.45) is 3.70. The molecule has 0 aliphatic carbocycles. The smallest absolute Gasteiger partial charge is 0.409 e. The van der Waals surface area contributed by atoms with E-state index in [2.05, 4.69) is 13.8 Å². The van der Waals surface area contributed by atoms with E-state index in [0.717, 1.165) is 37.3 Å². The normalized spacial score (nSPS) is 23.8. The number of hydrogen-bond donors (Lipinski definition) is 0. The van der Waals surface area contributed by atoms with Gasteiger partial charge in [-0.25, -0.2) is 4.79 Å². The lowest BCUT2D eigenvalue weighted by molar-refractivity contribution is -0.136. The summed E-state index contributed by atoms with van der Waals surface area (Å²) in [6.45, 7) is 6.74. The maximum absolute atomic E-state index is 12.8. The van der Waals surface area contributed by atoms with Crippen molar-refractivity contribution in [1.29, 1.82) is 0 Å². The minimum absolute atomic E-state index is 0.0355. The largest absolute Gasteiger partial charge is 0.464 e. The fourth-order valence-corrected chi connectivity index (χ4v) is 3.67. The second kappa shape index (κ2) is 7.93. The highest BCUT2D eigenvalue weighted by Gasteiger charge is 2.33. The zero-order valence-corrected chi connectivity index (χ0v) is 15.2. The van der Waals surface area contributed by atoms with Crippen molar-refractivity contribution in [3.8, 4) is 0 Å². The van der Waals surface area contributed by atoms with Gasteiger partial charge >= 0.3 is 6.09 Å². The van der Waals surface area contributed by atoms with Gasteiger partial charge in [-0.05, 0) is 37.3 Å². The lowest BCUT2D eigenvalue weighted by atomic mass is 9.90. The van der Waals surface area contributed by atoms with Crippen LogP contribution in [0.4, 0.5) is 4.79 Å². The van der Waals surface area contributed by atoms with Crippen molar-refractivity contribution in [2.45, 2.75) is 52.0 Å². The van der Waals surface area contributed by atoms with Gasteiger partial charge < -0.3 is 19.0 Å². The summed E-state index contributed by atoms with van der Waals surface area (Å²) in [4.78, 5) is 27.9. The van der Waals surface area contributed by atoms with Crippen LogP contribution in [0.15, 0.2) is 16.5 Å². The van der Waals surface area contributed by atoms with Crippen molar-refractivity contribution in [3.05, 3.63) is 23.7 Å². The van der Waals surface area contributed by atoms with E-state index >= 15 is 0 Å². The molecule has 3 heterocycles. The Morgan fingerprint density at radius 3 is 2.84 bits per heavy atom. The van der Waals surface area contributed by atoms with Gasteiger partial charge in [-0.15, -0.1) is 0 Å². The molecular weight excluding hydrogens is 320 g/mol. The van der Waals surface area contributed by atoms with E-state index in [-0.39, 0.29) is 18.0 Å². The van der Waals surface area contributed by atoms with Crippen molar-refractivity contribution < 1.29 is 18.7 Å². The Kier molecular flexibility index (Phi) is 5.66. The topological polar surface area (TPSA) is 63.0 Å². The molecule has 0 unspecified atom stereocenters. The van der Waals surface area contributed by atoms with Gasteiger partial charge in [-0.2, -0.15) is 0 Å². The zero-order chi connectivity index (χ0) is 17.8. The van der Waals surface area contributed by atoms with Crippen LogP contribution in [0.1, 0.15) is 57.1 Å². The summed E-state index contributed by atoms with van der Waals surface area (Å²) < 4.78 is 10.9. The number of rotatable bonds is 6. The first-order valence-corrected chi connectivity index (χ1v) is 9.38. The van der Waals surface area contributed by atoms with Crippen molar-refractivity contribution in [3.63, 3.8) is 0 Å². The Balaban J connectivity index is 1.59. The molecule has 2 atom stereocenters. The first-order chi connectivity index (χ1) is 12.1. The third-order valence-electron chi connectivity index (χ3n) is 5.21. The predicted octanol–water partition coefficient (Wildman–Crippen LogP) is 3.37. The van der Waals surface area contributed by atoms with Crippen LogP contribution < -0.4 is 0 Å². The van der Waals surface area contributed by atoms with Gasteiger partial charge in [-0.1, -0.05) is 13.8 Å². The molecule has 2 fully saturated rings. The molecule has 6 nitrogen and oxygen atoms in total. The Hall–Kier alpha value is -1.98. The zero-order valence-electron chi connectivity index (χ0n) is 15.2. The Bertz CT molecular complexity index is 612. The third kappa shape index (κ3) is 4.17. The van der Waals surface area contributed by atoms with Crippen LogP contribution in [0, 0.1) is 5.92 Å². The number of furan rings is 1. The van der Waals surface area contributed by atoms with Crippen LogP contribution >= 0.6 is 0 Å². The number of aryl methyl sites for hydroxylation is 1. The van der Waals surface area contributed by atoms with Crippen molar-refractivity contribution in [2.24, 2.45) is 5.92 Å². The molecule has 2 amide bonds. The molecule has 0 aromatic carbocycles. The van der Waals surface area contributed by atoms with E-state index in [1.165, 1.54) is 0 Å². The van der Waals surface area contributed by atoms with Gasteiger partial charge in [0.25, 0.3) is 0 Å². The number of ether oxygens (including phenoxy) is 1. The molecule has 1 aromatic rings. The highest BCUT2D eigenvalue weighted by Crippen LogP contribution is 2.35. The van der Waals surface area contributed by atoms with Crippen molar-refractivity contribution in [2.75, 3.05) is 26.2 Å². The molecule has 2 aliphatic rings. The first kappa shape index (κ1) is 17.8. The molecule has 0 saturated carbocycles. The molecular formula is C19H28N2O4. The average molecular weight is 348 g/mol. The second-order valence-corrected chi connectivity index (χ2v) is 7.10. The maximum atomic E-state index is 12.8. The van der Waals surface area contributed by atoms with Gasteiger partial charge in [-0.3, -0.25) is 4.79 Å². The van der Waals surface area contributed by atoms with Crippen LogP contribution in [0.5, 0.6) is 0 Å². The quantitative estimate of drug-likeness (QED) is 0.791. The van der Waals surface area contributed by atoms with E-state index in [4.69, 9.17) is 9.15 Å². The number of carbonyl (C=O) groups is 2. The van der Waals surface area contributed by atoms with Crippen LogP contribution in [-0.4, -0.2) is 48.0 Å². The van der Waals surface area contributed by atoms with E-state index < -0.39 is 0 Å². The molecule has 0 radical (unpaired) electrons. The molecule has 0 N–H and O–H groups in total. The SMILES string of the molecule is CCc1ccc([C@H]2C[C@H](C)CCN2C(=O)CCCN2CCOC2=O)o1. The predicted molar refractivity (Wildman–Crippen MR) is 93.1 cm³/mol. The first-order valence-electron chi connectivity index (χ1n) is 9.38. The summed E-state index contributed by atoms with van der Waals surface area (Å²) in [6, 6.07) is 4.06. The molecule has 25 heavy (non-hydrogen) atoms. The summed E-state index contributed by atoms with van der Waals surface area (Å²) in [7, 11) is 0. The monoisotopic (exact) mass is 348 g/mol. The fraction of sp³-hybridized carbons (Fsp3) is 0.684. The average Bonchev–Trinajstić information content (AvgIpc) is 3.24. The number of piperidine rings is 1. The number of amides is 2. The number of nitrogens with zero attached hydrogens (tertiary/aromatic N) is 2. The highest BCUT2D eigenvalue weighted by atomic mass is 16.6. The van der Waals surface area contributed by atoms with Gasteiger partial charge in [0, 0.05) is 25.9 Å². The van der Waals surface area contributed by atoms with E-state index in [1.807, 2.05) is 17.0 Å². The molecule has 2 aliphatic heterocycles. The summed E-state index contributed by atoms with van der Waals surface area (Å²) in [5.41, 5.74) is 0. The third-order valence-corrected chi connectivity index (χ3v) is 5.21. The molecule has 0 spiro atoms. The maximum Gasteiger partial charge on any atom is 0.409 e. The molecule has 2 saturated heterocycles. The Labute approximate surface area is 149 Å². The standard InChI is InChI=1S/C19H28N2O4/c1-3-15-6-7-17(25-15)16-13-14(2)8-10-21(16)18(22)5-4-9-20-11-12-24-19(20)23/h6-7,14,16H,3-5,8-13H2,1-2H3/t14-,16-/m1/s1. The number of cyclic esters (lactones) is 1. The molecule has 138 valence electrons. The van der Waals surface area contributed by atoms with E-state index in [0.29, 0.717) is 38.5 Å². The van der Waals surface area contributed by atoms with Crippen LogP contribution in [-0.2, 0) is 16.0 Å². The van der Waals surface area contributed by atoms with Crippen LogP contribution in [0.2, 0.25) is 0 Å². The minimum Gasteiger partial charge on any atom is -0.464 e. The van der Waals surface area contributed by atoms with E-state index in [9.17, 15) is 9.59 Å². The lowest BCUT2D eigenvalue weighted by Crippen LogP contribution is -2.40. The summed E-state index contributed by atoms with van der Waals surface area (Å²) in [5.74, 6) is 2.61. The van der Waals surface area contributed by atoms with Crippen LogP contribution in [0.25, 0.3) is 0 Å². The Morgan fingerprint density at radius 2 is 2.16 bits per heavy atom. The fourth-order valence-electron chi connectivity index (χ4n) is 3.67. The van der Waals surface area contributed by atoms with Crippen LogP contribution in [0.3, 0.4) is 0 Å². The van der Waals surface area contributed by atoms with Gasteiger partial charge in [0.2, 0.25) is 5.91 Å². The molecule has 1 aromatic heterocycles. The number of hydrogen-bond acceptors (Lipinski definition) is 4. The molecule has 6 heteroatoms. The lowest BCUT2D eigenvalue weighted by Gasteiger charge is -2.37. The van der Waals surface area contributed by atoms with Crippen molar-refractivity contribution in [1.82, 2.24) is 9.80 Å². The minimum atomic E-state index is -0.264. The molecule has 0 bridgehead atoms. The Morgan fingerprint density at radius 1 is 1.32 bits per heavy atom. The van der Waals surface area contributed by atoms with Crippen molar-refractivity contribution >= 4 is 12.0 Å². The van der Waals surface area contributed by atoms with Gasteiger partial charge in [0.1, 0.15) is 18.1 Å². The van der Waals surface area contributed by atoms with E-state index in [1.54, 1.807) is 4.90 Å². The van der Waals surface area contributed by atoms with Gasteiger partial charge in [0.15, 0.2) is 0 Å². The molecule has 3 rings (SSSR count).